The first-order chi connectivity index (χ1) is 8.53. The van der Waals surface area contributed by atoms with Crippen molar-refractivity contribution in [2.45, 2.75) is 59.3 Å². The van der Waals surface area contributed by atoms with Gasteiger partial charge in [0.15, 0.2) is 0 Å². The second kappa shape index (κ2) is 5.56. The predicted octanol–water partition coefficient (Wildman–Crippen LogP) is 4.64. The summed E-state index contributed by atoms with van der Waals surface area (Å²) in [4.78, 5) is 15.1. The summed E-state index contributed by atoms with van der Waals surface area (Å²) in [5.41, 5.74) is 0.209. The fourth-order valence-electron chi connectivity index (χ4n) is 3.09. The summed E-state index contributed by atoms with van der Waals surface area (Å²) in [5.74, 6) is 0.739. The van der Waals surface area contributed by atoms with Crippen LogP contribution in [0.2, 0.25) is 0 Å². The number of thiophene rings is 1. The summed E-state index contributed by atoms with van der Waals surface area (Å²) in [6, 6.07) is 4.30. The Hall–Kier alpha value is -0.630. The van der Waals surface area contributed by atoms with Crippen molar-refractivity contribution in [2.24, 2.45) is 11.3 Å². The van der Waals surface area contributed by atoms with Crippen LogP contribution in [0.5, 0.6) is 0 Å². The molecule has 1 aromatic rings. The second-order valence-corrected chi connectivity index (χ2v) is 7.40. The first kappa shape index (κ1) is 13.8. The Kier molecular flexibility index (Phi) is 4.26. The van der Waals surface area contributed by atoms with E-state index in [1.54, 1.807) is 11.3 Å². The number of ketones is 1. The van der Waals surface area contributed by atoms with E-state index in [9.17, 15) is 4.79 Å². The zero-order valence-corrected chi connectivity index (χ0v) is 12.6. The van der Waals surface area contributed by atoms with Gasteiger partial charge in [-0.25, -0.2) is 0 Å². The van der Waals surface area contributed by atoms with Crippen LogP contribution < -0.4 is 0 Å². The van der Waals surface area contributed by atoms with Crippen LogP contribution in [0.3, 0.4) is 0 Å². The van der Waals surface area contributed by atoms with Crippen LogP contribution in [0.15, 0.2) is 12.1 Å². The van der Waals surface area contributed by atoms with Crippen molar-refractivity contribution in [1.82, 2.24) is 0 Å². The maximum Gasteiger partial charge on any atom is 0.141 e. The van der Waals surface area contributed by atoms with Crippen LogP contribution >= 0.6 is 11.3 Å². The van der Waals surface area contributed by atoms with Crippen molar-refractivity contribution in [3.63, 3.8) is 0 Å². The highest BCUT2D eigenvalue weighted by atomic mass is 32.1. The third-order valence-corrected chi connectivity index (χ3v) is 5.54. The third-order valence-electron chi connectivity index (χ3n) is 4.31. The normalized spacial score (nSPS) is 22.9. The van der Waals surface area contributed by atoms with Crippen LogP contribution in [-0.4, -0.2) is 5.78 Å². The molecule has 0 aromatic carbocycles. The van der Waals surface area contributed by atoms with Crippen LogP contribution in [0.4, 0.5) is 0 Å². The monoisotopic (exact) mass is 264 g/mol. The molecule has 1 atom stereocenters. The van der Waals surface area contributed by atoms with Crippen molar-refractivity contribution in [3.8, 4) is 0 Å². The number of carbonyl (C=O) groups excluding carboxylic acids is 1. The minimum Gasteiger partial charge on any atom is -0.299 e. The maximum absolute atomic E-state index is 12.5. The molecule has 18 heavy (non-hydrogen) atoms. The molecule has 0 aliphatic heterocycles. The molecule has 1 nitrogen and oxygen atoms in total. The van der Waals surface area contributed by atoms with Gasteiger partial charge in [-0.1, -0.05) is 33.6 Å². The Balaban J connectivity index is 2.02. The summed E-state index contributed by atoms with van der Waals surface area (Å²) in [6.45, 7) is 6.70. The quantitative estimate of drug-likeness (QED) is 0.774. The van der Waals surface area contributed by atoms with E-state index in [-0.39, 0.29) is 11.3 Å². The molecule has 0 bridgehead atoms. The average molecular weight is 264 g/mol. The van der Waals surface area contributed by atoms with Crippen LogP contribution in [0, 0.1) is 11.3 Å². The van der Waals surface area contributed by atoms with Crippen LogP contribution in [0.1, 0.15) is 56.2 Å². The van der Waals surface area contributed by atoms with Crippen LogP contribution in [-0.2, 0) is 17.6 Å². The molecular formula is C16H24OS. The number of rotatable bonds is 4. The number of Topliss-reactive ketones (excluding diaryl/α,β-unsaturated/α-hetero) is 1. The van der Waals surface area contributed by atoms with Gasteiger partial charge in [0.2, 0.25) is 0 Å². The lowest BCUT2D eigenvalue weighted by molar-refractivity contribution is -0.127. The van der Waals surface area contributed by atoms with Gasteiger partial charge in [-0.3, -0.25) is 4.79 Å². The molecular weight excluding hydrogens is 240 g/mol. The highest BCUT2D eigenvalue weighted by Gasteiger charge is 2.36. The van der Waals surface area contributed by atoms with Gasteiger partial charge in [-0.15, -0.1) is 11.3 Å². The van der Waals surface area contributed by atoms with Crippen molar-refractivity contribution < 1.29 is 4.79 Å². The Morgan fingerprint density at radius 3 is 2.67 bits per heavy atom. The lowest BCUT2D eigenvalue weighted by atomic mass is 9.67. The van der Waals surface area contributed by atoms with E-state index in [1.165, 1.54) is 29.0 Å². The van der Waals surface area contributed by atoms with Gasteiger partial charge < -0.3 is 0 Å². The Labute approximate surface area is 115 Å². The molecule has 100 valence electrons. The molecule has 0 amide bonds. The molecule has 1 saturated carbocycles. The first-order valence-corrected chi connectivity index (χ1v) is 7.95. The van der Waals surface area contributed by atoms with Crippen molar-refractivity contribution in [2.75, 3.05) is 0 Å². The van der Waals surface area contributed by atoms with E-state index in [0.717, 1.165) is 12.8 Å². The summed E-state index contributed by atoms with van der Waals surface area (Å²) >= 11 is 1.80. The van der Waals surface area contributed by atoms with Crippen molar-refractivity contribution >= 4 is 17.1 Å². The molecule has 2 rings (SSSR count). The number of hydrogen-bond donors (Lipinski definition) is 0. The van der Waals surface area contributed by atoms with Gasteiger partial charge in [0.25, 0.3) is 0 Å². The molecule has 0 radical (unpaired) electrons. The van der Waals surface area contributed by atoms with E-state index in [4.69, 9.17) is 0 Å². The van der Waals surface area contributed by atoms with E-state index < -0.39 is 0 Å². The third kappa shape index (κ3) is 3.03. The van der Waals surface area contributed by atoms with Gasteiger partial charge in [-0.05, 0) is 36.8 Å². The van der Waals surface area contributed by atoms with E-state index in [0.29, 0.717) is 12.2 Å². The molecule has 0 saturated heterocycles. The summed E-state index contributed by atoms with van der Waals surface area (Å²) in [5, 5.41) is 0. The summed E-state index contributed by atoms with van der Waals surface area (Å²) < 4.78 is 0. The molecule has 1 fully saturated rings. The molecule has 1 aliphatic rings. The molecule has 2 heteroatoms. The molecule has 1 aliphatic carbocycles. The zero-order chi connectivity index (χ0) is 13.2. The first-order valence-electron chi connectivity index (χ1n) is 7.13. The predicted molar refractivity (Wildman–Crippen MR) is 78.1 cm³/mol. The molecule has 1 aromatic heterocycles. The second-order valence-electron chi connectivity index (χ2n) is 6.15. The SMILES string of the molecule is CCc1ccc(CC(=O)C2CCCCC2(C)C)s1. The smallest absolute Gasteiger partial charge is 0.141 e. The van der Waals surface area contributed by atoms with E-state index in [1.807, 2.05) is 0 Å². The summed E-state index contributed by atoms with van der Waals surface area (Å²) in [6.07, 6.45) is 6.54. The maximum atomic E-state index is 12.5. The number of hydrogen-bond acceptors (Lipinski definition) is 2. The molecule has 0 spiro atoms. The highest BCUT2D eigenvalue weighted by Crippen LogP contribution is 2.41. The molecule has 1 unspecified atom stereocenters. The van der Waals surface area contributed by atoms with E-state index in [2.05, 4.69) is 32.9 Å². The Bertz CT molecular complexity index is 416. The minimum atomic E-state index is 0.209. The topological polar surface area (TPSA) is 17.1 Å². The van der Waals surface area contributed by atoms with Crippen molar-refractivity contribution in [3.05, 3.63) is 21.9 Å². The van der Waals surface area contributed by atoms with Gasteiger partial charge >= 0.3 is 0 Å². The Morgan fingerprint density at radius 2 is 2.06 bits per heavy atom. The van der Waals surface area contributed by atoms with E-state index >= 15 is 0 Å². The molecule has 1 heterocycles. The largest absolute Gasteiger partial charge is 0.299 e. The van der Waals surface area contributed by atoms with Crippen LogP contribution in [0.25, 0.3) is 0 Å². The van der Waals surface area contributed by atoms with Gasteiger partial charge in [0.1, 0.15) is 5.78 Å². The average Bonchev–Trinajstić information content (AvgIpc) is 2.76. The van der Waals surface area contributed by atoms with Crippen molar-refractivity contribution in [1.29, 1.82) is 0 Å². The number of carbonyl (C=O) groups is 1. The fourth-order valence-corrected chi connectivity index (χ4v) is 4.06. The fraction of sp³-hybridized carbons (Fsp3) is 0.688. The van der Waals surface area contributed by atoms with Gasteiger partial charge in [0, 0.05) is 22.1 Å². The van der Waals surface area contributed by atoms with Gasteiger partial charge in [-0.2, -0.15) is 0 Å². The minimum absolute atomic E-state index is 0.209. The lowest BCUT2D eigenvalue weighted by Crippen LogP contribution is -2.34. The highest BCUT2D eigenvalue weighted by molar-refractivity contribution is 7.12. The molecule has 0 N–H and O–H groups in total. The van der Waals surface area contributed by atoms with Gasteiger partial charge in [0.05, 0.1) is 0 Å². The number of aryl methyl sites for hydroxylation is 1. The summed E-state index contributed by atoms with van der Waals surface area (Å²) in [7, 11) is 0. The lowest BCUT2D eigenvalue weighted by Gasteiger charge is -2.37. The zero-order valence-electron chi connectivity index (χ0n) is 11.8. The standard InChI is InChI=1S/C16H24OS/c1-4-12-8-9-13(18-12)11-15(17)14-7-5-6-10-16(14,2)3/h8-9,14H,4-7,10-11H2,1-3H3. The Morgan fingerprint density at radius 1 is 1.33 bits per heavy atom.